The molecule has 7 heteroatoms. The topological polar surface area (TPSA) is 96.2 Å². The Morgan fingerprint density at radius 3 is 2.73 bits per heavy atom. The smallest absolute Gasteiger partial charge is 0.342 e. The summed E-state index contributed by atoms with van der Waals surface area (Å²) in [6, 6.07) is 1.90. The van der Waals surface area contributed by atoms with Gasteiger partial charge in [0.15, 0.2) is 0 Å². The van der Waals surface area contributed by atoms with Crippen molar-refractivity contribution in [1.82, 2.24) is 4.68 Å². The van der Waals surface area contributed by atoms with E-state index in [4.69, 9.17) is 4.74 Å². The van der Waals surface area contributed by atoms with Gasteiger partial charge in [0.2, 0.25) is 0 Å². The highest BCUT2D eigenvalue weighted by molar-refractivity contribution is 5.97. The van der Waals surface area contributed by atoms with Crippen molar-refractivity contribution in [2.45, 2.75) is 45.2 Å². The molecule has 116 valence electrons. The molecule has 7 nitrogen and oxygen atoms in total. The van der Waals surface area contributed by atoms with Crippen LogP contribution < -0.4 is 16.3 Å². The standard InChI is InChI=1S/C15H18N4O3/c1-3-22-14(21)11-9(2)10(8-16)13(20)19-12(11)17-15(18-19)6-4-5-7-15/h17-18H,3-7H2,1-2H3. The first-order chi connectivity index (χ1) is 10.5. The Labute approximate surface area is 127 Å². The SMILES string of the molecule is CCOC(=O)c1c(C)c(C#N)c(=O)n2c1NC1(CCCC1)N2. The number of carbonyl (C=O) groups excluding carboxylic acids is 1. The first-order valence-corrected chi connectivity index (χ1v) is 7.46. The molecule has 0 atom stereocenters. The molecule has 0 radical (unpaired) electrons. The number of pyridine rings is 1. The molecule has 2 heterocycles. The molecule has 1 aromatic heterocycles. The van der Waals surface area contributed by atoms with E-state index in [-0.39, 0.29) is 17.7 Å². The predicted octanol–water partition coefficient (Wildman–Crippen LogP) is 1.44. The third kappa shape index (κ3) is 1.95. The lowest BCUT2D eigenvalue weighted by Gasteiger charge is -2.23. The van der Waals surface area contributed by atoms with Crippen molar-refractivity contribution in [3.8, 4) is 6.07 Å². The molecule has 2 aliphatic rings. The molecule has 1 aromatic rings. The molecular weight excluding hydrogens is 284 g/mol. The number of ether oxygens (including phenoxy) is 1. The number of nitriles is 1. The predicted molar refractivity (Wildman–Crippen MR) is 80.3 cm³/mol. The van der Waals surface area contributed by atoms with Crippen LogP contribution in [0.25, 0.3) is 0 Å². The van der Waals surface area contributed by atoms with Gasteiger partial charge in [-0.05, 0) is 45.1 Å². The highest BCUT2D eigenvalue weighted by Crippen LogP contribution is 2.37. The number of nitrogens with one attached hydrogen (secondary N) is 2. The molecule has 1 aliphatic carbocycles. The Morgan fingerprint density at radius 1 is 1.45 bits per heavy atom. The van der Waals surface area contributed by atoms with Crippen LogP contribution in [-0.4, -0.2) is 22.9 Å². The van der Waals surface area contributed by atoms with Gasteiger partial charge in [-0.15, -0.1) is 0 Å². The highest BCUT2D eigenvalue weighted by atomic mass is 16.5. The number of fused-ring (bicyclic) bond motifs is 1. The van der Waals surface area contributed by atoms with E-state index in [0.29, 0.717) is 11.4 Å². The first kappa shape index (κ1) is 14.4. The van der Waals surface area contributed by atoms with Gasteiger partial charge in [0.25, 0.3) is 5.56 Å². The lowest BCUT2D eigenvalue weighted by atomic mass is 10.0. The van der Waals surface area contributed by atoms with Crippen molar-refractivity contribution in [3.63, 3.8) is 0 Å². The van der Waals surface area contributed by atoms with E-state index < -0.39 is 17.2 Å². The Balaban J connectivity index is 2.20. The Hall–Kier alpha value is -2.49. The van der Waals surface area contributed by atoms with Gasteiger partial charge in [-0.2, -0.15) is 5.26 Å². The maximum atomic E-state index is 12.5. The summed E-state index contributed by atoms with van der Waals surface area (Å²) in [6.07, 6.45) is 3.80. The van der Waals surface area contributed by atoms with Crippen LogP contribution in [0.3, 0.4) is 0 Å². The molecule has 0 aromatic carbocycles. The number of hydrogen-bond donors (Lipinski definition) is 2. The van der Waals surface area contributed by atoms with E-state index >= 15 is 0 Å². The van der Waals surface area contributed by atoms with Gasteiger partial charge in [-0.25, -0.2) is 9.47 Å². The second kappa shape index (κ2) is 5.05. The molecule has 0 bridgehead atoms. The van der Waals surface area contributed by atoms with E-state index in [2.05, 4.69) is 10.7 Å². The molecule has 0 amide bonds. The minimum atomic E-state index is -0.524. The van der Waals surface area contributed by atoms with Gasteiger partial charge in [-0.3, -0.25) is 10.2 Å². The number of rotatable bonds is 2. The number of hydrogen-bond acceptors (Lipinski definition) is 6. The third-order valence-electron chi connectivity index (χ3n) is 4.36. The molecular formula is C15H18N4O3. The van der Waals surface area contributed by atoms with Crippen LogP contribution >= 0.6 is 0 Å². The number of anilines is 1. The third-order valence-corrected chi connectivity index (χ3v) is 4.36. The van der Waals surface area contributed by atoms with Crippen molar-refractivity contribution >= 4 is 11.8 Å². The molecule has 1 spiro atoms. The lowest BCUT2D eigenvalue weighted by molar-refractivity contribution is 0.0526. The van der Waals surface area contributed by atoms with Gasteiger partial charge < -0.3 is 10.1 Å². The van der Waals surface area contributed by atoms with E-state index in [1.54, 1.807) is 13.8 Å². The largest absolute Gasteiger partial charge is 0.462 e. The van der Waals surface area contributed by atoms with Crippen molar-refractivity contribution in [1.29, 1.82) is 5.26 Å². The number of aromatic nitrogens is 1. The minimum Gasteiger partial charge on any atom is -0.462 e. The Kier molecular flexibility index (Phi) is 3.32. The van der Waals surface area contributed by atoms with Crippen molar-refractivity contribution in [3.05, 3.63) is 27.0 Å². The summed E-state index contributed by atoms with van der Waals surface area (Å²) >= 11 is 0. The Bertz CT molecular complexity index is 739. The quantitative estimate of drug-likeness (QED) is 0.803. The first-order valence-electron chi connectivity index (χ1n) is 7.46. The maximum absolute atomic E-state index is 12.5. The van der Waals surface area contributed by atoms with E-state index in [1.807, 2.05) is 6.07 Å². The fraction of sp³-hybridized carbons (Fsp3) is 0.533. The average molecular weight is 302 g/mol. The van der Waals surface area contributed by atoms with E-state index in [1.165, 1.54) is 4.68 Å². The van der Waals surface area contributed by atoms with Crippen LogP contribution in [0.5, 0.6) is 0 Å². The number of esters is 1. The summed E-state index contributed by atoms with van der Waals surface area (Å²) < 4.78 is 6.39. The molecule has 1 fully saturated rings. The monoisotopic (exact) mass is 302 g/mol. The van der Waals surface area contributed by atoms with Crippen LogP contribution in [0.2, 0.25) is 0 Å². The normalized spacial score (nSPS) is 17.5. The number of carbonyl (C=O) groups is 1. The van der Waals surface area contributed by atoms with Gasteiger partial charge in [0.05, 0.1) is 6.61 Å². The molecule has 1 saturated carbocycles. The van der Waals surface area contributed by atoms with Crippen molar-refractivity contribution in [2.24, 2.45) is 0 Å². The van der Waals surface area contributed by atoms with Crippen molar-refractivity contribution < 1.29 is 9.53 Å². The zero-order chi connectivity index (χ0) is 15.9. The summed E-state index contributed by atoms with van der Waals surface area (Å²) in [5, 5.41) is 12.6. The van der Waals surface area contributed by atoms with E-state index in [0.717, 1.165) is 25.7 Å². The molecule has 0 saturated heterocycles. The summed E-state index contributed by atoms with van der Waals surface area (Å²) in [7, 11) is 0. The van der Waals surface area contributed by atoms with Gasteiger partial charge >= 0.3 is 5.97 Å². The van der Waals surface area contributed by atoms with Crippen molar-refractivity contribution in [2.75, 3.05) is 17.3 Å². The fourth-order valence-electron chi connectivity index (χ4n) is 3.28. The average Bonchev–Trinajstić information content (AvgIpc) is 3.08. The summed E-state index contributed by atoms with van der Waals surface area (Å²) in [6.45, 7) is 3.56. The molecule has 22 heavy (non-hydrogen) atoms. The second-order valence-corrected chi connectivity index (χ2v) is 5.72. The van der Waals surface area contributed by atoms with Gasteiger partial charge in [-0.1, -0.05) is 0 Å². The van der Waals surface area contributed by atoms with Gasteiger partial charge in [0, 0.05) is 0 Å². The second-order valence-electron chi connectivity index (χ2n) is 5.72. The highest BCUT2D eigenvalue weighted by Gasteiger charge is 2.42. The zero-order valence-corrected chi connectivity index (χ0v) is 12.7. The molecule has 2 N–H and O–H groups in total. The van der Waals surface area contributed by atoms with Crippen LogP contribution in [0, 0.1) is 18.3 Å². The molecule has 0 unspecified atom stereocenters. The summed E-state index contributed by atoms with van der Waals surface area (Å²) in [5.41, 5.74) is 2.90. The Morgan fingerprint density at radius 2 is 2.14 bits per heavy atom. The van der Waals surface area contributed by atoms with E-state index in [9.17, 15) is 14.9 Å². The van der Waals surface area contributed by atoms with Crippen LogP contribution in [0.15, 0.2) is 4.79 Å². The minimum absolute atomic E-state index is 0.0313. The fourth-order valence-corrected chi connectivity index (χ4v) is 3.28. The summed E-state index contributed by atoms with van der Waals surface area (Å²) in [5.74, 6) is -0.119. The summed E-state index contributed by atoms with van der Waals surface area (Å²) in [4.78, 5) is 24.8. The van der Waals surface area contributed by atoms with Gasteiger partial charge in [0.1, 0.15) is 28.7 Å². The van der Waals surface area contributed by atoms with Crippen LogP contribution in [0.4, 0.5) is 5.82 Å². The number of nitrogens with zero attached hydrogens (tertiary/aromatic N) is 2. The molecule has 1 aliphatic heterocycles. The van der Waals surface area contributed by atoms with Crippen LogP contribution in [-0.2, 0) is 4.74 Å². The van der Waals surface area contributed by atoms with Crippen LogP contribution in [0.1, 0.15) is 54.1 Å². The zero-order valence-electron chi connectivity index (χ0n) is 12.7. The lowest BCUT2D eigenvalue weighted by Crippen LogP contribution is -2.42. The molecule has 3 rings (SSSR count). The maximum Gasteiger partial charge on any atom is 0.342 e.